The van der Waals surface area contributed by atoms with Gasteiger partial charge in [0.2, 0.25) is 0 Å². The molecular formula is C9H11ClN2O2. The molecule has 1 rings (SSSR count). The number of benzene rings is 1. The van der Waals surface area contributed by atoms with Gasteiger partial charge in [-0.3, -0.25) is 4.79 Å². The Hall–Kier alpha value is -1.26. The minimum absolute atomic E-state index is 0.367. The van der Waals surface area contributed by atoms with Gasteiger partial charge in [0, 0.05) is 5.02 Å². The van der Waals surface area contributed by atoms with Gasteiger partial charge >= 0.3 is 0 Å². The number of amides is 1. The third-order valence-electron chi connectivity index (χ3n) is 1.65. The topological polar surface area (TPSA) is 75.3 Å². The quantitative estimate of drug-likeness (QED) is 0.649. The van der Waals surface area contributed by atoms with Crippen LogP contribution in [0.2, 0.25) is 5.02 Å². The van der Waals surface area contributed by atoms with Gasteiger partial charge in [-0.1, -0.05) is 11.6 Å². The second-order valence-corrected chi connectivity index (χ2v) is 3.33. The third kappa shape index (κ3) is 2.61. The molecule has 1 atom stereocenters. The molecular weight excluding hydrogens is 204 g/mol. The Labute approximate surface area is 86.7 Å². The molecule has 0 saturated carbocycles. The van der Waals surface area contributed by atoms with Crippen LogP contribution in [0.1, 0.15) is 6.92 Å². The first-order valence-corrected chi connectivity index (χ1v) is 4.42. The van der Waals surface area contributed by atoms with Crippen LogP contribution in [0.25, 0.3) is 0 Å². The average molecular weight is 215 g/mol. The van der Waals surface area contributed by atoms with Crippen molar-refractivity contribution in [3.05, 3.63) is 23.2 Å². The molecule has 0 aliphatic heterocycles. The van der Waals surface area contributed by atoms with E-state index in [0.717, 1.165) is 0 Å². The van der Waals surface area contributed by atoms with Crippen molar-refractivity contribution in [2.24, 2.45) is 0 Å². The smallest absolute Gasteiger partial charge is 0.252 e. The first-order valence-electron chi connectivity index (χ1n) is 4.04. The van der Waals surface area contributed by atoms with Crippen molar-refractivity contribution in [3.8, 4) is 0 Å². The zero-order valence-corrected chi connectivity index (χ0v) is 8.38. The molecule has 0 aliphatic rings. The number of anilines is 2. The highest BCUT2D eigenvalue weighted by atomic mass is 35.5. The summed E-state index contributed by atoms with van der Waals surface area (Å²) in [6.07, 6.45) is -1.06. The highest BCUT2D eigenvalue weighted by Crippen LogP contribution is 2.22. The minimum atomic E-state index is -1.06. The summed E-state index contributed by atoms with van der Waals surface area (Å²) >= 11 is 5.67. The van der Waals surface area contributed by atoms with Gasteiger partial charge < -0.3 is 16.2 Å². The Morgan fingerprint density at radius 2 is 2.29 bits per heavy atom. The van der Waals surface area contributed by atoms with E-state index < -0.39 is 12.0 Å². The Morgan fingerprint density at radius 1 is 1.64 bits per heavy atom. The van der Waals surface area contributed by atoms with Crippen LogP contribution in [0.3, 0.4) is 0 Å². The van der Waals surface area contributed by atoms with E-state index in [1.54, 1.807) is 12.1 Å². The Morgan fingerprint density at radius 3 is 2.79 bits per heavy atom. The van der Waals surface area contributed by atoms with Crippen LogP contribution in [0.15, 0.2) is 18.2 Å². The first-order chi connectivity index (χ1) is 6.50. The number of nitrogens with two attached hydrogens (primary N) is 1. The van der Waals surface area contributed by atoms with E-state index in [-0.39, 0.29) is 0 Å². The van der Waals surface area contributed by atoms with Crippen LogP contribution in [-0.2, 0) is 4.79 Å². The largest absolute Gasteiger partial charge is 0.397 e. The Balaban J connectivity index is 2.82. The molecule has 4 N–H and O–H groups in total. The molecule has 1 aromatic carbocycles. The van der Waals surface area contributed by atoms with Crippen molar-refractivity contribution in [1.82, 2.24) is 0 Å². The zero-order chi connectivity index (χ0) is 10.7. The van der Waals surface area contributed by atoms with Crippen molar-refractivity contribution in [2.45, 2.75) is 13.0 Å². The molecule has 5 heteroatoms. The monoisotopic (exact) mass is 214 g/mol. The van der Waals surface area contributed by atoms with Crippen molar-refractivity contribution < 1.29 is 9.90 Å². The van der Waals surface area contributed by atoms with Gasteiger partial charge in [-0.25, -0.2) is 0 Å². The SMILES string of the molecule is CC(O)C(=O)Nc1ccc(Cl)cc1N. The fraction of sp³-hybridized carbons (Fsp3) is 0.222. The number of hydrogen-bond donors (Lipinski definition) is 3. The fourth-order valence-corrected chi connectivity index (χ4v) is 1.07. The molecule has 1 amide bonds. The van der Waals surface area contributed by atoms with E-state index >= 15 is 0 Å². The number of hydrogen-bond acceptors (Lipinski definition) is 3. The van der Waals surface area contributed by atoms with Crippen LogP contribution in [0, 0.1) is 0 Å². The standard InChI is InChI=1S/C9H11ClN2O2/c1-5(13)9(14)12-8-3-2-6(10)4-7(8)11/h2-5,13H,11H2,1H3,(H,12,14). The normalized spacial score (nSPS) is 12.2. The molecule has 1 aromatic rings. The predicted octanol–water partition coefficient (Wildman–Crippen LogP) is 1.24. The van der Waals surface area contributed by atoms with Crippen LogP contribution < -0.4 is 11.1 Å². The molecule has 0 aromatic heterocycles. The highest BCUT2D eigenvalue weighted by Gasteiger charge is 2.10. The Kier molecular flexibility index (Phi) is 3.33. The summed E-state index contributed by atoms with van der Waals surface area (Å²) < 4.78 is 0. The van der Waals surface area contributed by atoms with Gasteiger partial charge in [0.25, 0.3) is 5.91 Å². The van der Waals surface area contributed by atoms with E-state index in [1.807, 2.05) is 0 Å². The molecule has 76 valence electrons. The lowest BCUT2D eigenvalue weighted by atomic mass is 10.2. The third-order valence-corrected chi connectivity index (χ3v) is 1.89. The molecule has 0 aliphatic carbocycles. The van der Waals surface area contributed by atoms with Gasteiger partial charge in [0.15, 0.2) is 0 Å². The number of carbonyl (C=O) groups is 1. The number of nitrogen functional groups attached to an aromatic ring is 1. The van der Waals surface area contributed by atoms with Gasteiger partial charge in [-0.2, -0.15) is 0 Å². The highest BCUT2D eigenvalue weighted by molar-refractivity contribution is 6.31. The van der Waals surface area contributed by atoms with E-state index in [0.29, 0.717) is 16.4 Å². The number of halogens is 1. The minimum Gasteiger partial charge on any atom is -0.397 e. The lowest BCUT2D eigenvalue weighted by Crippen LogP contribution is -2.24. The summed E-state index contributed by atoms with van der Waals surface area (Å²) in [6, 6.07) is 4.72. The van der Waals surface area contributed by atoms with Crippen LogP contribution in [-0.4, -0.2) is 17.1 Å². The Bertz CT molecular complexity index is 353. The van der Waals surface area contributed by atoms with E-state index in [9.17, 15) is 4.79 Å². The second kappa shape index (κ2) is 4.30. The maximum absolute atomic E-state index is 11.1. The summed E-state index contributed by atoms with van der Waals surface area (Å²) in [7, 11) is 0. The van der Waals surface area contributed by atoms with Crippen molar-refractivity contribution in [1.29, 1.82) is 0 Å². The van der Waals surface area contributed by atoms with Gasteiger partial charge in [-0.05, 0) is 25.1 Å². The summed E-state index contributed by atoms with van der Waals surface area (Å²) in [5, 5.41) is 11.9. The van der Waals surface area contributed by atoms with Crippen molar-refractivity contribution in [3.63, 3.8) is 0 Å². The molecule has 0 radical (unpaired) electrons. The fourth-order valence-electron chi connectivity index (χ4n) is 0.885. The van der Waals surface area contributed by atoms with E-state index in [4.69, 9.17) is 22.4 Å². The van der Waals surface area contributed by atoms with Crippen LogP contribution in [0.5, 0.6) is 0 Å². The summed E-state index contributed by atoms with van der Waals surface area (Å²) in [6.45, 7) is 1.38. The molecule has 4 nitrogen and oxygen atoms in total. The molecule has 0 heterocycles. The summed E-state index contributed by atoms with van der Waals surface area (Å²) in [5.74, 6) is -0.501. The molecule has 0 spiro atoms. The molecule has 0 fully saturated rings. The molecule has 14 heavy (non-hydrogen) atoms. The van der Waals surface area contributed by atoms with Crippen molar-refractivity contribution >= 4 is 28.9 Å². The van der Waals surface area contributed by atoms with Crippen molar-refractivity contribution in [2.75, 3.05) is 11.1 Å². The first kappa shape index (κ1) is 10.8. The van der Waals surface area contributed by atoms with Crippen LogP contribution >= 0.6 is 11.6 Å². The molecule has 0 bridgehead atoms. The number of carbonyl (C=O) groups excluding carboxylic acids is 1. The van der Waals surface area contributed by atoms with Gasteiger partial charge in [0.1, 0.15) is 6.10 Å². The second-order valence-electron chi connectivity index (χ2n) is 2.90. The maximum atomic E-state index is 11.1. The summed E-state index contributed by atoms with van der Waals surface area (Å²) in [5.41, 5.74) is 6.40. The van der Waals surface area contributed by atoms with Crippen LogP contribution in [0.4, 0.5) is 11.4 Å². The van der Waals surface area contributed by atoms with E-state index in [1.165, 1.54) is 13.0 Å². The number of aliphatic hydroxyl groups is 1. The summed E-state index contributed by atoms with van der Waals surface area (Å²) in [4.78, 5) is 11.1. The average Bonchev–Trinajstić information content (AvgIpc) is 2.09. The lowest BCUT2D eigenvalue weighted by Gasteiger charge is -2.09. The predicted molar refractivity (Wildman–Crippen MR) is 56.2 cm³/mol. The number of nitrogens with one attached hydrogen (secondary N) is 1. The van der Waals surface area contributed by atoms with Gasteiger partial charge in [0.05, 0.1) is 11.4 Å². The molecule has 0 saturated heterocycles. The number of aliphatic hydroxyl groups excluding tert-OH is 1. The van der Waals surface area contributed by atoms with E-state index in [2.05, 4.69) is 5.32 Å². The lowest BCUT2D eigenvalue weighted by molar-refractivity contribution is -0.123. The molecule has 1 unspecified atom stereocenters. The number of rotatable bonds is 2. The maximum Gasteiger partial charge on any atom is 0.252 e. The zero-order valence-electron chi connectivity index (χ0n) is 7.62. The van der Waals surface area contributed by atoms with Gasteiger partial charge in [-0.15, -0.1) is 0 Å².